The molecule has 0 radical (unpaired) electrons. The van der Waals surface area contributed by atoms with E-state index in [1.165, 1.54) is 22.0 Å². The van der Waals surface area contributed by atoms with Crippen LogP contribution in [0.5, 0.6) is 0 Å². The van der Waals surface area contributed by atoms with Crippen molar-refractivity contribution in [2.75, 3.05) is 32.7 Å². The first-order chi connectivity index (χ1) is 14.4. The molecule has 0 saturated carbocycles. The molecule has 2 heterocycles. The number of hydrogen-bond acceptors (Lipinski definition) is 4. The molecule has 30 heavy (non-hydrogen) atoms. The van der Waals surface area contributed by atoms with Crippen LogP contribution in [0.4, 0.5) is 4.39 Å². The first-order valence-corrected chi connectivity index (χ1v) is 11.7. The van der Waals surface area contributed by atoms with E-state index in [1.807, 2.05) is 18.2 Å². The number of amides is 1. The lowest BCUT2D eigenvalue weighted by atomic mass is 10.1. The monoisotopic (exact) mass is 431 g/mol. The zero-order chi connectivity index (χ0) is 21.1. The fraction of sp³-hybridized carbons (Fsp3) is 0.409. The molecule has 2 aliphatic heterocycles. The summed E-state index contributed by atoms with van der Waals surface area (Å²) in [4.78, 5) is 17.3. The van der Waals surface area contributed by atoms with Crippen molar-refractivity contribution in [2.24, 2.45) is 0 Å². The van der Waals surface area contributed by atoms with Gasteiger partial charge in [0, 0.05) is 39.3 Å². The third-order valence-electron chi connectivity index (χ3n) is 5.84. The van der Waals surface area contributed by atoms with Crippen molar-refractivity contribution < 1.29 is 17.6 Å². The van der Waals surface area contributed by atoms with Crippen LogP contribution in [-0.4, -0.2) is 67.2 Å². The smallest absolute Gasteiger partial charge is 0.243 e. The molecule has 2 fully saturated rings. The average molecular weight is 432 g/mol. The molecule has 6 nitrogen and oxygen atoms in total. The zero-order valence-electron chi connectivity index (χ0n) is 16.8. The van der Waals surface area contributed by atoms with E-state index >= 15 is 0 Å². The lowest BCUT2D eigenvalue weighted by molar-refractivity contribution is -0.136. The Morgan fingerprint density at radius 1 is 0.933 bits per heavy atom. The van der Waals surface area contributed by atoms with Gasteiger partial charge in [-0.05, 0) is 42.7 Å². The number of halogens is 1. The molecule has 0 aromatic heterocycles. The van der Waals surface area contributed by atoms with Gasteiger partial charge in [-0.3, -0.25) is 9.69 Å². The summed E-state index contributed by atoms with van der Waals surface area (Å²) in [5, 5.41) is 0. The van der Waals surface area contributed by atoms with Crippen molar-refractivity contribution in [1.82, 2.24) is 14.1 Å². The lowest BCUT2D eigenvalue weighted by Crippen LogP contribution is -2.54. The second kappa shape index (κ2) is 8.83. The van der Waals surface area contributed by atoms with Crippen LogP contribution in [0, 0.1) is 5.82 Å². The lowest BCUT2D eigenvalue weighted by Gasteiger charge is -2.37. The van der Waals surface area contributed by atoms with Crippen LogP contribution in [0.3, 0.4) is 0 Å². The number of carbonyl (C=O) groups excluding carboxylic acids is 1. The number of rotatable bonds is 5. The van der Waals surface area contributed by atoms with E-state index in [0.29, 0.717) is 32.5 Å². The summed E-state index contributed by atoms with van der Waals surface area (Å²) in [7, 11) is -3.83. The Morgan fingerprint density at radius 2 is 1.60 bits per heavy atom. The van der Waals surface area contributed by atoms with Crippen LogP contribution >= 0.6 is 0 Å². The molecule has 0 aliphatic carbocycles. The molecule has 0 bridgehead atoms. The van der Waals surface area contributed by atoms with Crippen molar-refractivity contribution in [3.8, 4) is 0 Å². The number of benzene rings is 2. The Kier molecular flexibility index (Phi) is 6.17. The largest absolute Gasteiger partial charge is 0.339 e. The summed E-state index contributed by atoms with van der Waals surface area (Å²) >= 11 is 0. The Labute approximate surface area is 176 Å². The van der Waals surface area contributed by atoms with Crippen LogP contribution in [-0.2, 0) is 21.4 Å². The van der Waals surface area contributed by atoms with E-state index in [1.54, 1.807) is 4.90 Å². The summed E-state index contributed by atoms with van der Waals surface area (Å²) in [6.07, 6.45) is 1.16. The molecule has 0 spiro atoms. The van der Waals surface area contributed by atoms with Crippen molar-refractivity contribution in [2.45, 2.75) is 30.3 Å². The summed E-state index contributed by atoms with van der Waals surface area (Å²) in [6.45, 7) is 3.86. The zero-order valence-corrected chi connectivity index (χ0v) is 17.6. The average Bonchev–Trinajstić information content (AvgIpc) is 3.26. The molecule has 2 aromatic carbocycles. The first-order valence-electron chi connectivity index (χ1n) is 10.3. The van der Waals surface area contributed by atoms with Crippen molar-refractivity contribution in [3.63, 3.8) is 0 Å². The molecule has 2 saturated heterocycles. The van der Waals surface area contributed by atoms with Crippen LogP contribution in [0.2, 0.25) is 0 Å². The van der Waals surface area contributed by atoms with Crippen LogP contribution in [0.25, 0.3) is 0 Å². The van der Waals surface area contributed by atoms with E-state index < -0.39 is 21.9 Å². The minimum absolute atomic E-state index is 0.0243. The molecule has 1 atom stereocenters. The van der Waals surface area contributed by atoms with Gasteiger partial charge in [0.2, 0.25) is 15.9 Å². The Morgan fingerprint density at radius 3 is 2.27 bits per heavy atom. The van der Waals surface area contributed by atoms with Gasteiger partial charge in [-0.2, -0.15) is 4.31 Å². The number of carbonyl (C=O) groups is 1. The van der Waals surface area contributed by atoms with E-state index in [4.69, 9.17) is 0 Å². The molecule has 4 rings (SSSR count). The number of nitrogens with zero attached hydrogens (tertiary/aromatic N) is 3. The highest BCUT2D eigenvalue weighted by atomic mass is 32.2. The Balaban J connectivity index is 1.40. The highest BCUT2D eigenvalue weighted by Crippen LogP contribution is 2.28. The number of sulfonamides is 1. The van der Waals surface area contributed by atoms with Crippen molar-refractivity contribution in [1.29, 1.82) is 0 Å². The van der Waals surface area contributed by atoms with Gasteiger partial charge >= 0.3 is 0 Å². The van der Waals surface area contributed by atoms with Gasteiger partial charge in [-0.1, -0.05) is 30.3 Å². The van der Waals surface area contributed by atoms with Crippen molar-refractivity contribution >= 4 is 15.9 Å². The Hall–Kier alpha value is -2.29. The minimum Gasteiger partial charge on any atom is -0.339 e. The molecular weight excluding hydrogens is 405 g/mol. The third kappa shape index (κ3) is 4.40. The molecule has 2 aromatic rings. The maximum absolute atomic E-state index is 13.2. The number of hydrogen-bond donors (Lipinski definition) is 0. The van der Waals surface area contributed by atoms with Gasteiger partial charge in [0.25, 0.3) is 0 Å². The summed E-state index contributed by atoms with van der Waals surface area (Å²) < 4.78 is 40.5. The predicted molar refractivity (Wildman–Crippen MR) is 112 cm³/mol. The summed E-state index contributed by atoms with van der Waals surface area (Å²) in [5.74, 6) is -0.617. The molecular formula is C22H26FN3O3S. The second-order valence-corrected chi connectivity index (χ2v) is 9.71. The molecule has 1 amide bonds. The van der Waals surface area contributed by atoms with Gasteiger partial charge in [-0.25, -0.2) is 12.8 Å². The van der Waals surface area contributed by atoms with E-state index in [2.05, 4.69) is 17.0 Å². The fourth-order valence-corrected chi connectivity index (χ4v) is 5.85. The van der Waals surface area contributed by atoms with Gasteiger partial charge in [-0.15, -0.1) is 0 Å². The normalized spacial score (nSPS) is 21.1. The standard InChI is InChI=1S/C22H26FN3O3S/c23-19-8-10-20(11-9-19)30(28,29)26-12-4-7-21(26)22(27)25-15-13-24(14-16-25)17-18-5-2-1-3-6-18/h1-3,5-6,8-11,21H,4,7,12-17H2/t21-/m0/s1. The summed E-state index contributed by atoms with van der Waals surface area (Å²) in [6, 6.07) is 14.3. The topological polar surface area (TPSA) is 60.9 Å². The number of piperazine rings is 1. The van der Waals surface area contributed by atoms with Gasteiger partial charge in [0.1, 0.15) is 11.9 Å². The Bertz CT molecular complexity index is 974. The SMILES string of the molecule is O=C([C@@H]1CCCN1S(=O)(=O)c1ccc(F)cc1)N1CCN(Cc2ccccc2)CC1. The van der Waals surface area contributed by atoms with E-state index in [-0.39, 0.29) is 10.8 Å². The molecule has 2 aliphatic rings. The van der Waals surface area contributed by atoms with Crippen LogP contribution < -0.4 is 0 Å². The molecule has 160 valence electrons. The highest BCUT2D eigenvalue weighted by Gasteiger charge is 2.41. The minimum atomic E-state index is -3.83. The fourth-order valence-electron chi connectivity index (χ4n) is 4.20. The van der Waals surface area contributed by atoms with Crippen LogP contribution in [0.15, 0.2) is 59.5 Å². The summed E-state index contributed by atoms with van der Waals surface area (Å²) in [5.41, 5.74) is 1.24. The first kappa shape index (κ1) is 21.0. The maximum atomic E-state index is 13.2. The highest BCUT2D eigenvalue weighted by molar-refractivity contribution is 7.89. The molecule has 0 unspecified atom stereocenters. The quantitative estimate of drug-likeness (QED) is 0.729. The second-order valence-electron chi connectivity index (χ2n) is 7.81. The van der Waals surface area contributed by atoms with Crippen molar-refractivity contribution in [3.05, 3.63) is 66.0 Å². The van der Waals surface area contributed by atoms with Crippen LogP contribution in [0.1, 0.15) is 18.4 Å². The molecule has 8 heteroatoms. The van der Waals surface area contributed by atoms with E-state index in [0.717, 1.165) is 31.8 Å². The third-order valence-corrected chi connectivity index (χ3v) is 7.76. The van der Waals surface area contributed by atoms with Gasteiger partial charge in [0.05, 0.1) is 4.90 Å². The molecule has 0 N–H and O–H groups in total. The predicted octanol–water partition coefficient (Wildman–Crippen LogP) is 2.32. The van der Waals surface area contributed by atoms with Gasteiger partial charge < -0.3 is 4.90 Å². The van der Waals surface area contributed by atoms with Gasteiger partial charge in [0.15, 0.2) is 0 Å². The maximum Gasteiger partial charge on any atom is 0.243 e. The van der Waals surface area contributed by atoms with E-state index in [9.17, 15) is 17.6 Å².